The Morgan fingerprint density at radius 1 is 1.32 bits per heavy atom. The first kappa shape index (κ1) is 16.9. The van der Waals surface area contributed by atoms with E-state index in [1.165, 1.54) is 5.69 Å². The molecule has 4 N–H and O–H groups in total. The molecule has 1 aliphatic heterocycles. The topological polar surface area (TPSA) is 95.9 Å². The standard InChI is InChI=1S/C18H23N5O2/c1-20-18(21-11-15-7-8-16(25-15)17(19)24)22-13-9-10-23(12-13)14-5-3-2-4-6-14/h2-8,13H,9-12H2,1H3,(H2,19,24)(H2,20,21,22). The summed E-state index contributed by atoms with van der Waals surface area (Å²) in [6, 6.07) is 14.0. The average Bonchev–Trinajstić information content (AvgIpc) is 3.29. The molecule has 1 saturated heterocycles. The lowest BCUT2D eigenvalue weighted by Gasteiger charge is -2.20. The molecule has 0 spiro atoms. The summed E-state index contributed by atoms with van der Waals surface area (Å²) >= 11 is 0. The predicted octanol–water partition coefficient (Wildman–Crippen LogP) is 1.32. The van der Waals surface area contributed by atoms with Crippen molar-refractivity contribution in [2.45, 2.75) is 19.0 Å². The number of guanidine groups is 1. The fourth-order valence-electron chi connectivity index (χ4n) is 2.92. The third-order valence-electron chi connectivity index (χ3n) is 4.21. The van der Waals surface area contributed by atoms with Gasteiger partial charge in [-0.2, -0.15) is 0 Å². The Bertz CT molecular complexity index is 741. The molecule has 7 heteroatoms. The van der Waals surface area contributed by atoms with Gasteiger partial charge in [-0.15, -0.1) is 0 Å². The van der Waals surface area contributed by atoms with E-state index >= 15 is 0 Å². The molecule has 1 fully saturated rings. The highest BCUT2D eigenvalue weighted by atomic mass is 16.3. The number of primary amides is 1. The highest BCUT2D eigenvalue weighted by molar-refractivity contribution is 5.89. The average molecular weight is 341 g/mol. The summed E-state index contributed by atoms with van der Waals surface area (Å²) in [4.78, 5) is 17.7. The zero-order valence-electron chi connectivity index (χ0n) is 14.2. The SMILES string of the molecule is CN=C(NCc1ccc(C(N)=O)o1)NC1CCN(c2ccccc2)C1. The summed E-state index contributed by atoms with van der Waals surface area (Å²) in [5, 5.41) is 6.62. The molecule has 7 nitrogen and oxygen atoms in total. The van der Waals surface area contributed by atoms with E-state index in [1.807, 2.05) is 6.07 Å². The number of benzene rings is 1. The van der Waals surface area contributed by atoms with Crippen molar-refractivity contribution < 1.29 is 9.21 Å². The quantitative estimate of drug-likeness (QED) is 0.563. The molecule has 0 bridgehead atoms. The molecule has 0 aliphatic carbocycles. The fraction of sp³-hybridized carbons (Fsp3) is 0.333. The van der Waals surface area contributed by atoms with Crippen LogP contribution in [0.3, 0.4) is 0 Å². The summed E-state index contributed by atoms with van der Waals surface area (Å²) in [7, 11) is 1.73. The Balaban J connectivity index is 1.50. The van der Waals surface area contributed by atoms with Crippen LogP contribution in [0.15, 0.2) is 51.9 Å². The minimum atomic E-state index is -0.569. The second-order valence-corrected chi connectivity index (χ2v) is 5.97. The van der Waals surface area contributed by atoms with Crippen LogP contribution < -0.4 is 21.3 Å². The van der Waals surface area contributed by atoms with Crippen molar-refractivity contribution in [1.29, 1.82) is 0 Å². The summed E-state index contributed by atoms with van der Waals surface area (Å²) in [6.07, 6.45) is 1.04. The van der Waals surface area contributed by atoms with Crippen molar-refractivity contribution in [3.8, 4) is 0 Å². The zero-order chi connectivity index (χ0) is 17.6. The summed E-state index contributed by atoms with van der Waals surface area (Å²) in [5.41, 5.74) is 6.43. The number of carbonyl (C=O) groups is 1. The second-order valence-electron chi connectivity index (χ2n) is 5.97. The molecule has 1 amide bonds. The fourth-order valence-corrected chi connectivity index (χ4v) is 2.92. The normalized spacial score (nSPS) is 17.6. The van der Waals surface area contributed by atoms with Crippen molar-refractivity contribution in [3.05, 3.63) is 54.0 Å². The molecule has 1 aromatic heterocycles. The van der Waals surface area contributed by atoms with Crippen LogP contribution in [0.4, 0.5) is 5.69 Å². The first-order valence-electron chi connectivity index (χ1n) is 8.31. The number of nitrogens with zero attached hydrogens (tertiary/aromatic N) is 2. The van der Waals surface area contributed by atoms with Gasteiger partial charge in [0.15, 0.2) is 11.7 Å². The van der Waals surface area contributed by atoms with Gasteiger partial charge in [-0.05, 0) is 30.7 Å². The Morgan fingerprint density at radius 2 is 2.12 bits per heavy atom. The summed E-state index contributed by atoms with van der Waals surface area (Å²) in [6.45, 7) is 2.37. The number of rotatable bonds is 5. The number of anilines is 1. The smallest absolute Gasteiger partial charge is 0.284 e. The van der Waals surface area contributed by atoms with E-state index < -0.39 is 5.91 Å². The number of aliphatic imine (C=N–C) groups is 1. The molecule has 1 aliphatic rings. The summed E-state index contributed by atoms with van der Waals surface area (Å²) < 4.78 is 5.36. The monoisotopic (exact) mass is 341 g/mol. The Labute approximate surface area is 146 Å². The van der Waals surface area contributed by atoms with Gasteiger partial charge in [0.1, 0.15) is 5.76 Å². The van der Waals surface area contributed by atoms with Gasteiger partial charge in [0.05, 0.1) is 6.54 Å². The van der Waals surface area contributed by atoms with Crippen molar-refractivity contribution in [2.24, 2.45) is 10.7 Å². The number of nitrogens with two attached hydrogens (primary N) is 1. The van der Waals surface area contributed by atoms with Gasteiger partial charge in [0.2, 0.25) is 0 Å². The largest absolute Gasteiger partial charge is 0.454 e. The molecule has 2 heterocycles. The molecule has 25 heavy (non-hydrogen) atoms. The van der Waals surface area contributed by atoms with Gasteiger partial charge in [-0.3, -0.25) is 9.79 Å². The molecule has 1 atom stereocenters. The van der Waals surface area contributed by atoms with Crippen molar-refractivity contribution >= 4 is 17.6 Å². The van der Waals surface area contributed by atoms with E-state index in [1.54, 1.807) is 19.2 Å². The lowest BCUT2D eigenvalue weighted by atomic mass is 10.3. The molecular formula is C18H23N5O2. The Hall–Kier alpha value is -2.96. The van der Waals surface area contributed by atoms with Crippen molar-refractivity contribution in [2.75, 3.05) is 25.0 Å². The molecule has 0 radical (unpaired) electrons. The van der Waals surface area contributed by atoms with Crippen LogP contribution in [0.25, 0.3) is 0 Å². The van der Waals surface area contributed by atoms with Crippen LogP contribution in [-0.2, 0) is 6.54 Å². The van der Waals surface area contributed by atoms with E-state index in [0.717, 1.165) is 19.5 Å². The van der Waals surface area contributed by atoms with Gasteiger partial charge in [0.25, 0.3) is 5.91 Å². The number of furan rings is 1. The highest BCUT2D eigenvalue weighted by Crippen LogP contribution is 2.19. The molecule has 3 rings (SSSR count). The van der Waals surface area contributed by atoms with Gasteiger partial charge in [-0.25, -0.2) is 0 Å². The molecular weight excluding hydrogens is 318 g/mol. The molecule has 132 valence electrons. The maximum Gasteiger partial charge on any atom is 0.284 e. The Morgan fingerprint density at radius 3 is 2.80 bits per heavy atom. The minimum Gasteiger partial charge on any atom is -0.454 e. The van der Waals surface area contributed by atoms with Crippen LogP contribution in [0.1, 0.15) is 22.7 Å². The maximum atomic E-state index is 11.1. The van der Waals surface area contributed by atoms with Crippen LogP contribution in [0.5, 0.6) is 0 Å². The minimum absolute atomic E-state index is 0.161. The number of hydrogen-bond donors (Lipinski definition) is 3. The molecule has 1 aromatic carbocycles. The van der Waals surface area contributed by atoms with Crippen molar-refractivity contribution in [1.82, 2.24) is 10.6 Å². The molecule has 1 unspecified atom stereocenters. The molecule has 0 saturated carbocycles. The third-order valence-corrected chi connectivity index (χ3v) is 4.21. The third kappa shape index (κ3) is 4.32. The predicted molar refractivity (Wildman–Crippen MR) is 97.6 cm³/mol. The number of hydrogen-bond acceptors (Lipinski definition) is 4. The first-order chi connectivity index (χ1) is 12.2. The lowest BCUT2D eigenvalue weighted by molar-refractivity contribution is 0.0972. The summed E-state index contributed by atoms with van der Waals surface area (Å²) in [5.74, 6) is 0.931. The van der Waals surface area contributed by atoms with Gasteiger partial charge < -0.3 is 25.7 Å². The van der Waals surface area contributed by atoms with Gasteiger partial charge in [0, 0.05) is 31.9 Å². The van der Waals surface area contributed by atoms with Gasteiger partial charge >= 0.3 is 0 Å². The molecule has 2 aromatic rings. The van der Waals surface area contributed by atoms with E-state index in [-0.39, 0.29) is 5.76 Å². The van der Waals surface area contributed by atoms with Crippen LogP contribution in [0.2, 0.25) is 0 Å². The second kappa shape index (κ2) is 7.74. The van der Waals surface area contributed by atoms with E-state index in [9.17, 15) is 4.79 Å². The van der Waals surface area contributed by atoms with Crippen molar-refractivity contribution in [3.63, 3.8) is 0 Å². The van der Waals surface area contributed by atoms with Crippen LogP contribution in [-0.4, -0.2) is 38.0 Å². The van der Waals surface area contributed by atoms with Crippen LogP contribution >= 0.6 is 0 Å². The number of amides is 1. The Kier molecular flexibility index (Phi) is 5.23. The first-order valence-corrected chi connectivity index (χ1v) is 8.31. The van der Waals surface area contributed by atoms with E-state index in [0.29, 0.717) is 24.3 Å². The number of nitrogens with one attached hydrogen (secondary N) is 2. The number of para-hydroxylation sites is 1. The van der Waals surface area contributed by atoms with Crippen LogP contribution in [0, 0.1) is 0 Å². The van der Waals surface area contributed by atoms with E-state index in [2.05, 4.69) is 44.8 Å². The highest BCUT2D eigenvalue weighted by Gasteiger charge is 2.23. The lowest BCUT2D eigenvalue weighted by Crippen LogP contribution is -2.44. The number of carbonyl (C=O) groups excluding carboxylic acids is 1. The van der Waals surface area contributed by atoms with Gasteiger partial charge in [-0.1, -0.05) is 18.2 Å². The zero-order valence-corrected chi connectivity index (χ0v) is 14.2. The maximum absolute atomic E-state index is 11.1. The van der Waals surface area contributed by atoms with E-state index in [4.69, 9.17) is 10.2 Å².